The Morgan fingerprint density at radius 1 is 1.32 bits per heavy atom. The van der Waals surface area contributed by atoms with Gasteiger partial charge in [-0.05, 0) is 34.1 Å². The number of likely N-dealkylation sites (tertiary alicyclic amines) is 1. The number of amides is 1. The van der Waals surface area contributed by atoms with Crippen LogP contribution in [-0.2, 0) is 4.79 Å². The Morgan fingerprint density at radius 3 is 2.53 bits per heavy atom. The summed E-state index contributed by atoms with van der Waals surface area (Å²) in [6, 6.07) is 0.418. The molecule has 106 valence electrons. The molecule has 1 amide bonds. The van der Waals surface area contributed by atoms with Gasteiger partial charge >= 0.3 is 0 Å². The number of hydrogen-bond acceptors (Lipinski definition) is 3. The summed E-state index contributed by atoms with van der Waals surface area (Å²) in [6.45, 7) is 8.25. The van der Waals surface area contributed by atoms with E-state index in [1.54, 1.807) is 0 Å². The lowest BCUT2D eigenvalue weighted by molar-refractivity contribution is -0.139. The van der Waals surface area contributed by atoms with Crippen LogP contribution in [0.15, 0.2) is 12.4 Å². The van der Waals surface area contributed by atoms with Gasteiger partial charge in [-0.1, -0.05) is 0 Å². The van der Waals surface area contributed by atoms with Gasteiger partial charge in [0.15, 0.2) is 0 Å². The molecule has 1 fully saturated rings. The second kappa shape index (κ2) is 5.33. The van der Waals surface area contributed by atoms with Crippen LogP contribution >= 0.6 is 0 Å². The first-order valence-electron chi connectivity index (χ1n) is 7.02. The Balaban J connectivity index is 2.33. The maximum absolute atomic E-state index is 12.1. The van der Waals surface area contributed by atoms with Crippen LogP contribution < -0.4 is 5.73 Å². The third-order valence-electron chi connectivity index (χ3n) is 3.73. The van der Waals surface area contributed by atoms with Gasteiger partial charge in [-0.15, -0.1) is 0 Å². The lowest BCUT2D eigenvalue weighted by atomic mass is 9.91. The summed E-state index contributed by atoms with van der Waals surface area (Å²) in [4.78, 5) is 14.1. The summed E-state index contributed by atoms with van der Waals surface area (Å²) < 4.78 is 1.92. The van der Waals surface area contributed by atoms with Gasteiger partial charge in [0, 0.05) is 36.3 Å². The van der Waals surface area contributed by atoms with E-state index in [4.69, 9.17) is 5.73 Å². The van der Waals surface area contributed by atoms with Crippen LogP contribution in [0.1, 0.15) is 58.2 Å². The van der Waals surface area contributed by atoms with Crippen molar-refractivity contribution >= 4 is 5.91 Å². The Labute approximate surface area is 114 Å². The number of aromatic nitrogens is 2. The zero-order valence-corrected chi connectivity index (χ0v) is 12.2. The van der Waals surface area contributed by atoms with Crippen molar-refractivity contribution in [2.24, 2.45) is 5.73 Å². The fourth-order valence-electron chi connectivity index (χ4n) is 2.74. The molecule has 2 unspecified atom stereocenters. The van der Waals surface area contributed by atoms with E-state index >= 15 is 0 Å². The highest BCUT2D eigenvalue weighted by atomic mass is 16.2. The van der Waals surface area contributed by atoms with E-state index in [-0.39, 0.29) is 24.0 Å². The predicted octanol–water partition coefficient (Wildman–Crippen LogP) is 1.86. The van der Waals surface area contributed by atoms with Gasteiger partial charge in [0.05, 0.1) is 12.2 Å². The summed E-state index contributed by atoms with van der Waals surface area (Å²) in [6.07, 6.45) is 5.16. The number of rotatable bonds is 3. The average molecular weight is 264 g/mol. The summed E-state index contributed by atoms with van der Waals surface area (Å²) >= 11 is 0. The highest BCUT2D eigenvalue weighted by Crippen LogP contribution is 2.32. The molecule has 1 aliphatic rings. The monoisotopic (exact) mass is 264 g/mol. The number of piperidine rings is 1. The van der Waals surface area contributed by atoms with E-state index in [0.717, 1.165) is 12.0 Å². The molecule has 5 nitrogen and oxygen atoms in total. The molecule has 0 aromatic carbocycles. The second-order valence-corrected chi connectivity index (χ2v) is 5.89. The second-order valence-electron chi connectivity index (χ2n) is 5.89. The molecule has 0 aliphatic carbocycles. The Morgan fingerprint density at radius 2 is 2.00 bits per heavy atom. The highest BCUT2D eigenvalue weighted by molar-refractivity contribution is 5.78. The van der Waals surface area contributed by atoms with Gasteiger partial charge in [0.25, 0.3) is 0 Å². The van der Waals surface area contributed by atoms with Crippen molar-refractivity contribution in [2.45, 2.75) is 64.7 Å². The van der Waals surface area contributed by atoms with Gasteiger partial charge in [0.2, 0.25) is 5.91 Å². The molecule has 1 aliphatic heterocycles. The fourth-order valence-corrected chi connectivity index (χ4v) is 2.74. The quantitative estimate of drug-likeness (QED) is 0.906. The Hall–Kier alpha value is -1.36. The minimum Gasteiger partial charge on any atom is -0.332 e. The number of carbonyl (C=O) groups is 1. The van der Waals surface area contributed by atoms with Gasteiger partial charge in [0.1, 0.15) is 0 Å². The Kier molecular flexibility index (Phi) is 3.94. The largest absolute Gasteiger partial charge is 0.332 e. The molecule has 0 radical (unpaired) electrons. The number of hydrogen-bond donors (Lipinski definition) is 1. The van der Waals surface area contributed by atoms with Crippen LogP contribution in [0.3, 0.4) is 0 Å². The van der Waals surface area contributed by atoms with E-state index in [1.165, 1.54) is 0 Å². The number of nitrogens with zero attached hydrogens (tertiary/aromatic N) is 3. The van der Waals surface area contributed by atoms with Crippen LogP contribution in [0, 0.1) is 0 Å². The molecule has 19 heavy (non-hydrogen) atoms. The van der Waals surface area contributed by atoms with Crippen LogP contribution in [0.5, 0.6) is 0 Å². The smallest absolute Gasteiger partial charge is 0.223 e. The van der Waals surface area contributed by atoms with E-state index in [1.807, 2.05) is 35.8 Å². The molecular formula is C14H24N4O. The zero-order valence-electron chi connectivity index (χ0n) is 12.2. The SMILES string of the molecule is CC(C)N1C(=O)CCC(N)C1c1cnn(C(C)C)c1. The van der Waals surface area contributed by atoms with Crippen molar-refractivity contribution in [1.29, 1.82) is 0 Å². The normalized spacial score (nSPS) is 24.6. The molecule has 1 saturated heterocycles. The lowest BCUT2D eigenvalue weighted by Gasteiger charge is -2.41. The highest BCUT2D eigenvalue weighted by Gasteiger charge is 2.37. The summed E-state index contributed by atoms with van der Waals surface area (Å²) in [5, 5.41) is 4.37. The van der Waals surface area contributed by atoms with Gasteiger partial charge < -0.3 is 10.6 Å². The maximum Gasteiger partial charge on any atom is 0.223 e. The van der Waals surface area contributed by atoms with Crippen LogP contribution in [0.4, 0.5) is 0 Å². The average Bonchev–Trinajstić information content (AvgIpc) is 2.80. The standard InChI is InChI=1S/C14H24N4O/c1-9(2)17-8-11(7-16-17)14-12(15)5-6-13(19)18(14)10(3)4/h7-10,12,14H,5-6,15H2,1-4H3. The molecule has 1 aromatic rings. The van der Waals surface area contributed by atoms with Crippen LogP contribution in [0.2, 0.25) is 0 Å². The number of carbonyl (C=O) groups excluding carboxylic acids is 1. The molecule has 2 rings (SSSR count). The van der Waals surface area contributed by atoms with E-state index in [2.05, 4.69) is 18.9 Å². The van der Waals surface area contributed by atoms with Gasteiger partial charge in [-0.2, -0.15) is 5.10 Å². The minimum absolute atomic E-state index is 0.00934. The number of nitrogens with two attached hydrogens (primary N) is 1. The molecule has 0 saturated carbocycles. The summed E-state index contributed by atoms with van der Waals surface area (Å²) in [5.74, 6) is 0.194. The minimum atomic E-state index is -0.0475. The van der Waals surface area contributed by atoms with E-state index < -0.39 is 0 Å². The van der Waals surface area contributed by atoms with Gasteiger partial charge in [-0.3, -0.25) is 9.48 Å². The summed E-state index contributed by atoms with van der Waals surface area (Å²) in [5.41, 5.74) is 7.30. The first kappa shape index (κ1) is 14.1. The van der Waals surface area contributed by atoms with Crippen molar-refractivity contribution in [3.8, 4) is 0 Å². The third-order valence-corrected chi connectivity index (χ3v) is 3.73. The first-order chi connectivity index (χ1) is 8.91. The van der Waals surface area contributed by atoms with E-state index in [0.29, 0.717) is 12.5 Å². The molecule has 0 spiro atoms. The van der Waals surface area contributed by atoms with Gasteiger partial charge in [-0.25, -0.2) is 0 Å². The van der Waals surface area contributed by atoms with Crippen LogP contribution in [0.25, 0.3) is 0 Å². The predicted molar refractivity (Wildman–Crippen MR) is 74.5 cm³/mol. The topological polar surface area (TPSA) is 64.2 Å². The Bertz CT molecular complexity index is 452. The van der Waals surface area contributed by atoms with Crippen molar-refractivity contribution < 1.29 is 4.79 Å². The summed E-state index contributed by atoms with van der Waals surface area (Å²) in [7, 11) is 0. The van der Waals surface area contributed by atoms with Crippen molar-refractivity contribution in [3.63, 3.8) is 0 Å². The van der Waals surface area contributed by atoms with Crippen molar-refractivity contribution in [2.75, 3.05) is 0 Å². The molecule has 1 aromatic heterocycles. The van der Waals surface area contributed by atoms with E-state index in [9.17, 15) is 4.79 Å². The fraction of sp³-hybridized carbons (Fsp3) is 0.714. The molecule has 0 bridgehead atoms. The third kappa shape index (κ3) is 2.66. The molecular weight excluding hydrogens is 240 g/mol. The molecule has 2 heterocycles. The van der Waals surface area contributed by atoms with Crippen molar-refractivity contribution in [3.05, 3.63) is 18.0 Å². The molecule has 5 heteroatoms. The first-order valence-corrected chi connectivity index (χ1v) is 7.02. The lowest BCUT2D eigenvalue weighted by Crippen LogP contribution is -2.51. The molecule has 2 N–H and O–H groups in total. The maximum atomic E-state index is 12.1. The van der Waals surface area contributed by atoms with Crippen molar-refractivity contribution in [1.82, 2.24) is 14.7 Å². The van der Waals surface area contributed by atoms with Crippen LogP contribution in [-0.4, -0.2) is 32.7 Å². The molecule has 2 atom stereocenters. The zero-order chi connectivity index (χ0) is 14.2.